The van der Waals surface area contributed by atoms with E-state index in [1.165, 1.54) is 24.6 Å². The van der Waals surface area contributed by atoms with Crippen LogP contribution in [-0.4, -0.2) is 56.5 Å². The van der Waals surface area contributed by atoms with Gasteiger partial charge in [0.2, 0.25) is 5.12 Å². The van der Waals surface area contributed by atoms with Crippen molar-refractivity contribution >= 4 is 40.0 Å². The van der Waals surface area contributed by atoms with E-state index in [-0.39, 0.29) is 29.7 Å². The summed E-state index contributed by atoms with van der Waals surface area (Å²) in [5.74, 6) is -3.63. The highest BCUT2D eigenvalue weighted by molar-refractivity contribution is 8.13. The molecule has 1 aromatic rings. The lowest BCUT2D eigenvalue weighted by Gasteiger charge is -2.63. The fourth-order valence-electron chi connectivity index (χ4n) is 8.06. The third kappa shape index (κ3) is 3.36. The molecule has 1 aromatic heterocycles. The van der Waals surface area contributed by atoms with Crippen molar-refractivity contribution < 1.29 is 37.4 Å². The van der Waals surface area contributed by atoms with Gasteiger partial charge in [0.25, 0.3) is 0 Å². The largest absolute Gasteiger partial charge is 0.445 e. The van der Waals surface area contributed by atoms with Gasteiger partial charge in [0.15, 0.2) is 17.1 Å². The van der Waals surface area contributed by atoms with Crippen LogP contribution in [0.2, 0.25) is 0 Å². The molecule has 9 atom stereocenters. The second-order valence-corrected chi connectivity index (χ2v) is 13.2. The third-order valence-corrected chi connectivity index (χ3v) is 11.4. The number of carbonyl (C=O) groups is 3. The summed E-state index contributed by atoms with van der Waals surface area (Å²) < 4.78 is 52.7. The van der Waals surface area contributed by atoms with Gasteiger partial charge < -0.3 is 9.84 Å². The number of thioether (sulfide) groups is 1. The first-order valence-electron chi connectivity index (χ1n) is 12.6. The van der Waals surface area contributed by atoms with E-state index in [4.69, 9.17) is 4.74 Å². The van der Waals surface area contributed by atoms with Crippen molar-refractivity contribution in [2.75, 3.05) is 6.01 Å². The molecule has 1 N–H and O–H groups in total. The summed E-state index contributed by atoms with van der Waals surface area (Å²) >= 11 is 1.42. The van der Waals surface area contributed by atoms with E-state index < -0.39 is 75.0 Å². The molecule has 38 heavy (non-hydrogen) atoms. The van der Waals surface area contributed by atoms with Crippen LogP contribution in [0, 0.1) is 35.5 Å². The Labute approximate surface area is 227 Å². The van der Waals surface area contributed by atoms with Crippen molar-refractivity contribution in [2.24, 2.45) is 28.6 Å². The Kier molecular flexibility index (Phi) is 6.55. The Morgan fingerprint density at radius 1 is 1.29 bits per heavy atom. The lowest BCUT2D eigenvalue weighted by Crippen LogP contribution is -2.70. The Hall–Kier alpha value is -1.98. The van der Waals surface area contributed by atoms with Crippen LogP contribution in [0.1, 0.15) is 55.4 Å². The van der Waals surface area contributed by atoms with Gasteiger partial charge in [0.1, 0.15) is 17.1 Å². The molecule has 1 heterocycles. The Bertz CT molecular complexity index is 1270. The van der Waals surface area contributed by atoms with Gasteiger partial charge in [0, 0.05) is 22.7 Å². The minimum atomic E-state index is -2.34. The molecule has 206 valence electrons. The molecule has 4 aliphatic carbocycles. The molecule has 0 bridgehead atoms. The van der Waals surface area contributed by atoms with Crippen LogP contribution in [0.5, 0.6) is 0 Å². The first-order chi connectivity index (χ1) is 17.8. The maximum absolute atomic E-state index is 17.4. The smallest absolute Gasteiger partial charge is 0.351 e. The molecule has 4 unspecified atom stereocenters. The van der Waals surface area contributed by atoms with Gasteiger partial charge in [-0.3, -0.25) is 9.59 Å². The van der Waals surface area contributed by atoms with E-state index in [1.807, 2.05) is 0 Å². The maximum atomic E-state index is 17.4. The van der Waals surface area contributed by atoms with Crippen molar-refractivity contribution in [1.29, 1.82) is 0 Å². The molecule has 3 saturated carbocycles. The average Bonchev–Trinajstić information content (AvgIpc) is 3.37. The van der Waals surface area contributed by atoms with E-state index in [0.717, 1.165) is 17.4 Å². The van der Waals surface area contributed by atoms with Gasteiger partial charge in [-0.05, 0) is 68.5 Å². The normalized spacial score (nSPS) is 43.6. The second-order valence-electron chi connectivity index (χ2n) is 11.4. The highest BCUT2D eigenvalue weighted by Gasteiger charge is 2.78. The number of ketones is 1. The number of fused-ring (bicyclic) bond motifs is 5. The maximum Gasteiger partial charge on any atom is 0.351 e. The van der Waals surface area contributed by atoms with Crippen LogP contribution in [-0.2, 0) is 14.3 Å². The first-order valence-corrected chi connectivity index (χ1v) is 14.5. The molecule has 11 heteroatoms. The summed E-state index contributed by atoms with van der Waals surface area (Å²) in [6.07, 6.45) is -0.0246. The van der Waals surface area contributed by atoms with Crippen LogP contribution in [0.25, 0.3) is 0 Å². The van der Waals surface area contributed by atoms with Gasteiger partial charge in [-0.2, -0.15) is 0 Å². The number of hydrogen-bond acceptors (Lipinski definition) is 8. The van der Waals surface area contributed by atoms with Gasteiger partial charge in [-0.1, -0.05) is 19.9 Å². The van der Waals surface area contributed by atoms with Crippen molar-refractivity contribution in [2.45, 2.75) is 70.5 Å². The number of aliphatic hydroxyl groups is 1. The monoisotopic (exact) mass is 569 g/mol. The summed E-state index contributed by atoms with van der Waals surface area (Å²) in [6.45, 7) is 6.48. The Morgan fingerprint density at radius 2 is 2.00 bits per heavy atom. The van der Waals surface area contributed by atoms with Crippen LogP contribution in [0.3, 0.4) is 0 Å². The number of thiazole rings is 1. The summed E-state index contributed by atoms with van der Waals surface area (Å²) in [4.78, 5) is 43.3. The number of nitrogens with zero attached hydrogens (tertiary/aromatic N) is 1. The predicted molar refractivity (Wildman–Crippen MR) is 137 cm³/mol. The topological polar surface area (TPSA) is 93.6 Å². The number of carbonyl (C=O) groups excluding carboxylic acids is 3. The molecule has 6 nitrogen and oxygen atoms in total. The van der Waals surface area contributed by atoms with Crippen molar-refractivity contribution in [3.63, 3.8) is 0 Å². The zero-order chi connectivity index (χ0) is 27.8. The van der Waals surface area contributed by atoms with Crippen LogP contribution in [0.4, 0.5) is 13.2 Å². The fourth-order valence-corrected chi connectivity index (χ4v) is 9.53. The Morgan fingerprint density at radius 3 is 2.63 bits per heavy atom. The van der Waals surface area contributed by atoms with Crippen molar-refractivity contribution in [3.05, 3.63) is 39.9 Å². The van der Waals surface area contributed by atoms with Crippen LogP contribution >= 0.6 is 23.1 Å². The molecule has 0 amide bonds. The van der Waals surface area contributed by atoms with Crippen molar-refractivity contribution in [3.8, 4) is 0 Å². The number of aryl methyl sites for hydroxylation is 1. The highest BCUT2D eigenvalue weighted by Crippen LogP contribution is 2.72. The summed E-state index contributed by atoms with van der Waals surface area (Å²) in [7, 11) is 0. The van der Waals surface area contributed by atoms with E-state index in [0.29, 0.717) is 17.5 Å². The number of aliphatic hydroxyl groups excluding tert-OH is 1. The molecular formula is C27H30F3NO5S2. The zero-order valence-corrected chi connectivity index (χ0v) is 23.1. The number of aromatic nitrogens is 1. The standard InChI is InChI=1S/C27H30F3NO5S2/c1-13-7-16-17-9-19(29)18-8-15(32)5-6-24(18,3)26(17,30)20(33)10-25(16,4)27(13,23(35)37-11-28)36-22(34)21-14(2)31-12-38-21/h5-6,8,12-13,16-17,19-20,33H,7,9-11H2,1-4H3/t13-,16?,17?,19+,20+,24+,25+,26?,27?/m1/s1. The summed E-state index contributed by atoms with van der Waals surface area (Å²) in [6, 6.07) is -1.05. The highest BCUT2D eigenvalue weighted by atomic mass is 32.2. The van der Waals surface area contributed by atoms with E-state index in [9.17, 15) is 23.9 Å². The Balaban J connectivity index is 1.64. The summed E-state index contributed by atoms with van der Waals surface area (Å²) in [5.41, 5.74) is -5.23. The quantitative estimate of drug-likeness (QED) is 0.505. The minimum absolute atomic E-state index is 0.000119. The molecule has 0 aliphatic heterocycles. The lowest BCUT2D eigenvalue weighted by molar-refractivity contribution is -0.221. The summed E-state index contributed by atoms with van der Waals surface area (Å²) in [5, 5.41) is 10.8. The van der Waals surface area contributed by atoms with Gasteiger partial charge >= 0.3 is 5.97 Å². The number of esters is 1. The molecule has 4 aliphatic rings. The average molecular weight is 570 g/mol. The van der Waals surface area contributed by atoms with Crippen LogP contribution < -0.4 is 0 Å². The van der Waals surface area contributed by atoms with E-state index in [2.05, 4.69) is 4.98 Å². The minimum Gasteiger partial charge on any atom is -0.445 e. The molecule has 0 radical (unpaired) electrons. The number of rotatable bonds is 4. The van der Waals surface area contributed by atoms with Gasteiger partial charge in [0.05, 0.1) is 17.3 Å². The number of allylic oxidation sites excluding steroid dienone is 4. The number of alkyl halides is 3. The van der Waals surface area contributed by atoms with Crippen molar-refractivity contribution in [1.82, 2.24) is 4.98 Å². The predicted octanol–water partition coefficient (Wildman–Crippen LogP) is 5.10. The molecule has 0 spiro atoms. The lowest BCUT2D eigenvalue weighted by atomic mass is 9.44. The zero-order valence-electron chi connectivity index (χ0n) is 21.5. The molecule has 0 aromatic carbocycles. The van der Waals surface area contributed by atoms with Gasteiger partial charge in [-0.25, -0.2) is 22.9 Å². The molecule has 5 rings (SSSR count). The number of halogens is 3. The fraction of sp³-hybridized carbons (Fsp3) is 0.630. The number of hydrogen-bond donors (Lipinski definition) is 1. The van der Waals surface area contributed by atoms with Gasteiger partial charge in [-0.15, -0.1) is 11.3 Å². The molecular weight excluding hydrogens is 539 g/mol. The molecule has 3 fully saturated rings. The SMILES string of the molecule is Cc1ncsc1C(=O)OC1(C(=O)SCF)[C@H](C)CC2C3C[C@H](F)C4=CC(=O)C=C[C@]4(C)C3(F)[C@@H](O)C[C@@]21C. The van der Waals surface area contributed by atoms with E-state index >= 15 is 8.78 Å². The first kappa shape index (κ1) is 27.6. The number of ether oxygens (including phenoxy) is 1. The van der Waals surface area contributed by atoms with E-state index in [1.54, 1.807) is 20.8 Å². The third-order valence-electron chi connectivity index (χ3n) is 9.84. The van der Waals surface area contributed by atoms with Crippen LogP contribution in [0.15, 0.2) is 29.3 Å². The molecule has 0 saturated heterocycles. The second kappa shape index (κ2) is 9.02.